The van der Waals surface area contributed by atoms with Crippen molar-refractivity contribution in [3.8, 4) is 11.5 Å². The fraction of sp³-hybridized carbons (Fsp3) is 0.357. The number of nitrogens with zero attached hydrogens (tertiary/aromatic N) is 1. The molecule has 1 aromatic heterocycles. The van der Waals surface area contributed by atoms with Gasteiger partial charge in [0.25, 0.3) is 0 Å². The Morgan fingerprint density at radius 3 is 2.61 bits per heavy atom. The standard InChI is InChI=1S/C14H16FNO2/c1-2-13-12(4-3-9-17)16-14(18-13)10-5-7-11(15)8-6-10/h5-8,17H,2-4,9H2,1H3. The maximum absolute atomic E-state index is 12.8. The molecular formula is C14H16FNO2. The predicted molar refractivity (Wildman–Crippen MR) is 66.7 cm³/mol. The van der Waals surface area contributed by atoms with E-state index in [4.69, 9.17) is 9.52 Å². The molecule has 4 heteroatoms. The second kappa shape index (κ2) is 5.78. The lowest BCUT2D eigenvalue weighted by Crippen LogP contribution is -1.93. The van der Waals surface area contributed by atoms with Crippen molar-refractivity contribution in [3.63, 3.8) is 0 Å². The van der Waals surface area contributed by atoms with Crippen LogP contribution in [0.3, 0.4) is 0 Å². The summed E-state index contributed by atoms with van der Waals surface area (Å²) in [5.41, 5.74) is 1.65. The summed E-state index contributed by atoms with van der Waals surface area (Å²) >= 11 is 0. The van der Waals surface area contributed by atoms with Gasteiger partial charge in [-0.15, -0.1) is 0 Å². The minimum atomic E-state index is -0.276. The number of hydrogen-bond donors (Lipinski definition) is 1. The summed E-state index contributed by atoms with van der Waals surface area (Å²) in [7, 11) is 0. The topological polar surface area (TPSA) is 46.3 Å². The van der Waals surface area contributed by atoms with Crippen LogP contribution in [0.4, 0.5) is 4.39 Å². The van der Waals surface area contributed by atoms with Crippen molar-refractivity contribution >= 4 is 0 Å². The molecule has 2 aromatic rings. The Morgan fingerprint density at radius 2 is 2.00 bits per heavy atom. The first-order chi connectivity index (χ1) is 8.74. The summed E-state index contributed by atoms with van der Waals surface area (Å²) in [4.78, 5) is 4.42. The Kier molecular flexibility index (Phi) is 4.10. The van der Waals surface area contributed by atoms with Crippen LogP contribution in [0.1, 0.15) is 24.8 Å². The van der Waals surface area contributed by atoms with E-state index in [1.54, 1.807) is 12.1 Å². The third-order valence-electron chi connectivity index (χ3n) is 2.76. The van der Waals surface area contributed by atoms with Crippen molar-refractivity contribution < 1.29 is 13.9 Å². The second-order valence-corrected chi connectivity index (χ2v) is 4.08. The van der Waals surface area contributed by atoms with Gasteiger partial charge in [0.1, 0.15) is 11.6 Å². The van der Waals surface area contributed by atoms with Gasteiger partial charge in [-0.1, -0.05) is 6.92 Å². The van der Waals surface area contributed by atoms with Crippen LogP contribution in [0.5, 0.6) is 0 Å². The summed E-state index contributed by atoms with van der Waals surface area (Å²) in [6.07, 6.45) is 2.13. The third-order valence-corrected chi connectivity index (χ3v) is 2.76. The van der Waals surface area contributed by atoms with Gasteiger partial charge >= 0.3 is 0 Å². The SMILES string of the molecule is CCc1oc(-c2ccc(F)cc2)nc1CCCO. The van der Waals surface area contributed by atoms with Crippen molar-refractivity contribution in [2.24, 2.45) is 0 Å². The highest BCUT2D eigenvalue weighted by atomic mass is 19.1. The van der Waals surface area contributed by atoms with Gasteiger partial charge in [-0.25, -0.2) is 9.37 Å². The van der Waals surface area contributed by atoms with Crippen LogP contribution in [0, 0.1) is 5.82 Å². The zero-order valence-corrected chi connectivity index (χ0v) is 10.3. The lowest BCUT2D eigenvalue weighted by Gasteiger charge is -1.94. The average Bonchev–Trinajstić information content (AvgIpc) is 2.80. The molecule has 0 radical (unpaired) electrons. The molecule has 0 spiro atoms. The van der Waals surface area contributed by atoms with Gasteiger partial charge < -0.3 is 9.52 Å². The molecule has 2 rings (SSSR count). The quantitative estimate of drug-likeness (QED) is 0.886. The van der Waals surface area contributed by atoms with Crippen molar-refractivity contribution in [1.29, 1.82) is 0 Å². The molecule has 0 amide bonds. The number of halogens is 1. The Labute approximate surface area is 105 Å². The minimum Gasteiger partial charge on any atom is -0.441 e. The Balaban J connectivity index is 2.28. The Morgan fingerprint density at radius 1 is 1.28 bits per heavy atom. The summed E-state index contributed by atoms with van der Waals surface area (Å²) in [6, 6.07) is 6.07. The molecule has 0 aliphatic rings. The molecule has 18 heavy (non-hydrogen) atoms. The molecule has 96 valence electrons. The summed E-state index contributed by atoms with van der Waals surface area (Å²) in [5, 5.41) is 8.85. The molecule has 0 atom stereocenters. The summed E-state index contributed by atoms with van der Waals surface area (Å²) < 4.78 is 18.5. The van der Waals surface area contributed by atoms with Gasteiger partial charge in [-0.2, -0.15) is 0 Å². The van der Waals surface area contributed by atoms with Gasteiger partial charge in [-0.05, 0) is 37.1 Å². The van der Waals surface area contributed by atoms with Gasteiger partial charge in [0.05, 0.1) is 5.69 Å². The number of aromatic nitrogens is 1. The van der Waals surface area contributed by atoms with E-state index in [0.717, 1.165) is 23.4 Å². The summed E-state index contributed by atoms with van der Waals surface area (Å²) in [6.45, 7) is 2.14. The van der Waals surface area contributed by atoms with Crippen molar-refractivity contribution in [1.82, 2.24) is 4.98 Å². The molecule has 3 nitrogen and oxygen atoms in total. The lowest BCUT2D eigenvalue weighted by atomic mass is 10.2. The van der Waals surface area contributed by atoms with Gasteiger partial charge in [0.15, 0.2) is 0 Å². The predicted octanol–water partition coefficient (Wildman–Crippen LogP) is 2.97. The van der Waals surface area contributed by atoms with E-state index in [1.807, 2.05) is 6.92 Å². The van der Waals surface area contributed by atoms with E-state index >= 15 is 0 Å². The highest BCUT2D eigenvalue weighted by Crippen LogP contribution is 2.23. The fourth-order valence-electron chi connectivity index (χ4n) is 1.82. The Hall–Kier alpha value is -1.68. The number of oxazole rings is 1. The lowest BCUT2D eigenvalue weighted by molar-refractivity contribution is 0.288. The molecule has 0 saturated carbocycles. The number of aliphatic hydroxyl groups is 1. The number of aryl methyl sites for hydroxylation is 2. The highest BCUT2D eigenvalue weighted by molar-refractivity contribution is 5.53. The first-order valence-electron chi connectivity index (χ1n) is 6.10. The van der Waals surface area contributed by atoms with Crippen LogP contribution in [-0.2, 0) is 12.8 Å². The molecule has 0 aliphatic heterocycles. The minimum absolute atomic E-state index is 0.141. The highest BCUT2D eigenvalue weighted by Gasteiger charge is 2.12. The fourth-order valence-corrected chi connectivity index (χ4v) is 1.82. The molecule has 1 heterocycles. The average molecular weight is 249 g/mol. The van der Waals surface area contributed by atoms with Crippen LogP contribution in [-0.4, -0.2) is 16.7 Å². The van der Waals surface area contributed by atoms with Crippen LogP contribution >= 0.6 is 0 Å². The third kappa shape index (κ3) is 2.76. The first-order valence-corrected chi connectivity index (χ1v) is 6.10. The molecule has 1 N–H and O–H groups in total. The van der Waals surface area contributed by atoms with Gasteiger partial charge in [0.2, 0.25) is 5.89 Å². The van der Waals surface area contributed by atoms with Crippen molar-refractivity contribution in [2.45, 2.75) is 26.2 Å². The second-order valence-electron chi connectivity index (χ2n) is 4.08. The van der Waals surface area contributed by atoms with E-state index in [2.05, 4.69) is 4.98 Å². The van der Waals surface area contributed by atoms with Crippen LogP contribution in [0.25, 0.3) is 11.5 Å². The van der Waals surface area contributed by atoms with Crippen LogP contribution < -0.4 is 0 Å². The summed E-state index contributed by atoms with van der Waals surface area (Å²) in [5.74, 6) is 1.07. The van der Waals surface area contributed by atoms with E-state index in [0.29, 0.717) is 18.7 Å². The van der Waals surface area contributed by atoms with Crippen LogP contribution in [0.2, 0.25) is 0 Å². The maximum Gasteiger partial charge on any atom is 0.226 e. The molecule has 0 fully saturated rings. The largest absolute Gasteiger partial charge is 0.441 e. The van der Waals surface area contributed by atoms with Crippen molar-refractivity contribution in [3.05, 3.63) is 41.5 Å². The van der Waals surface area contributed by atoms with Gasteiger partial charge in [-0.3, -0.25) is 0 Å². The normalized spacial score (nSPS) is 10.8. The van der Waals surface area contributed by atoms with Crippen molar-refractivity contribution in [2.75, 3.05) is 6.61 Å². The van der Waals surface area contributed by atoms with E-state index in [1.165, 1.54) is 12.1 Å². The monoisotopic (exact) mass is 249 g/mol. The zero-order chi connectivity index (χ0) is 13.0. The van der Waals surface area contributed by atoms with E-state index in [-0.39, 0.29) is 12.4 Å². The molecule has 1 aromatic carbocycles. The molecule has 0 aliphatic carbocycles. The Bertz CT molecular complexity index is 505. The van der Waals surface area contributed by atoms with Crippen LogP contribution in [0.15, 0.2) is 28.7 Å². The van der Waals surface area contributed by atoms with E-state index in [9.17, 15) is 4.39 Å². The maximum atomic E-state index is 12.8. The molecule has 0 saturated heterocycles. The smallest absolute Gasteiger partial charge is 0.226 e. The zero-order valence-electron chi connectivity index (χ0n) is 10.3. The first kappa shape index (κ1) is 12.8. The number of hydrogen-bond acceptors (Lipinski definition) is 3. The van der Waals surface area contributed by atoms with E-state index < -0.39 is 0 Å². The molecule has 0 unspecified atom stereocenters. The molecular weight excluding hydrogens is 233 g/mol. The number of benzene rings is 1. The van der Waals surface area contributed by atoms with Gasteiger partial charge in [0, 0.05) is 18.6 Å². The number of rotatable bonds is 5. The number of aliphatic hydroxyl groups excluding tert-OH is 1. The molecule has 0 bridgehead atoms.